The van der Waals surface area contributed by atoms with E-state index in [2.05, 4.69) is 11.4 Å². The molecule has 0 spiro atoms. The summed E-state index contributed by atoms with van der Waals surface area (Å²) < 4.78 is 22.8. The Kier molecular flexibility index (Phi) is 6.41. The Balaban J connectivity index is 1.51. The Labute approximate surface area is 198 Å². The molecule has 0 radical (unpaired) electrons. The molecule has 4 rings (SSSR count). The highest BCUT2D eigenvalue weighted by Crippen LogP contribution is 2.37. The van der Waals surface area contributed by atoms with E-state index in [0.29, 0.717) is 11.3 Å². The number of rotatable bonds is 7. The van der Waals surface area contributed by atoms with E-state index in [1.165, 1.54) is 6.26 Å². The number of nitrogens with one attached hydrogen (secondary N) is 1. The summed E-state index contributed by atoms with van der Waals surface area (Å²) in [6.45, 7) is 3.53. The number of nitro groups is 1. The largest absolute Gasteiger partial charge is 0.486 e. The summed E-state index contributed by atoms with van der Waals surface area (Å²) in [5.41, 5.74) is 0.772. The first kappa shape index (κ1) is 23.4. The molecule has 0 fully saturated rings. The number of amides is 1. The first-order chi connectivity index (χ1) is 16.8. The number of anilines is 1. The normalized spacial score (nSPS) is 12.0. The minimum absolute atomic E-state index is 0.143. The zero-order valence-corrected chi connectivity index (χ0v) is 18.8. The number of carbonyl (C=O) groups is 2. The Hall–Kier alpha value is -4.79. The molecule has 3 aromatic rings. The second-order valence-electron chi connectivity index (χ2n) is 7.61. The van der Waals surface area contributed by atoms with Gasteiger partial charge >= 0.3 is 5.97 Å². The van der Waals surface area contributed by atoms with Gasteiger partial charge in [-0.1, -0.05) is 0 Å². The maximum atomic E-state index is 12.6. The summed E-state index contributed by atoms with van der Waals surface area (Å²) >= 11 is 0. The predicted molar refractivity (Wildman–Crippen MR) is 119 cm³/mol. The first-order valence-electron chi connectivity index (χ1n) is 10.5. The number of nitrogens with zero attached hydrogens (tertiary/aromatic N) is 3. The molecule has 180 valence electrons. The van der Waals surface area contributed by atoms with Gasteiger partial charge in [0.05, 0.1) is 29.4 Å². The van der Waals surface area contributed by atoms with Gasteiger partial charge in [0.25, 0.3) is 11.6 Å². The number of hydrogen-bond acceptors (Lipinski definition) is 9. The molecule has 1 aliphatic heterocycles. The highest BCUT2D eigenvalue weighted by Gasteiger charge is 2.28. The lowest BCUT2D eigenvalue weighted by Gasteiger charge is -2.18. The van der Waals surface area contributed by atoms with E-state index in [1.807, 2.05) is 0 Å². The van der Waals surface area contributed by atoms with E-state index in [4.69, 9.17) is 18.6 Å². The van der Waals surface area contributed by atoms with E-state index in [9.17, 15) is 25.0 Å². The van der Waals surface area contributed by atoms with E-state index in [-0.39, 0.29) is 48.2 Å². The smallest absolute Gasteiger partial charge is 0.345 e. The van der Waals surface area contributed by atoms with Crippen LogP contribution in [0, 0.1) is 35.3 Å². The Morgan fingerprint density at radius 3 is 2.60 bits per heavy atom. The maximum Gasteiger partial charge on any atom is 0.345 e. The van der Waals surface area contributed by atoms with Gasteiger partial charge in [0.1, 0.15) is 36.4 Å². The van der Waals surface area contributed by atoms with E-state index in [0.717, 1.165) is 17.8 Å². The van der Waals surface area contributed by atoms with Gasteiger partial charge in [-0.05, 0) is 31.5 Å². The number of nitriles is 1. The van der Waals surface area contributed by atoms with Crippen molar-refractivity contribution in [2.24, 2.45) is 0 Å². The van der Waals surface area contributed by atoms with Gasteiger partial charge in [-0.25, -0.2) is 4.79 Å². The number of benzene rings is 1. The van der Waals surface area contributed by atoms with Crippen LogP contribution in [0.4, 0.5) is 11.5 Å². The molecule has 0 bridgehead atoms. The summed E-state index contributed by atoms with van der Waals surface area (Å²) in [6.07, 6.45) is 1.51. The summed E-state index contributed by atoms with van der Waals surface area (Å²) in [5.74, 6) is -0.662. The van der Waals surface area contributed by atoms with Crippen LogP contribution < -0.4 is 14.8 Å². The summed E-state index contributed by atoms with van der Waals surface area (Å²) in [4.78, 5) is 35.9. The van der Waals surface area contributed by atoms with Crippen molar-refractivity contribution in [1.29, 1.82) is 5.26 Å². The third kappa shape index (κ3) is 4.65. The van der Waals surface area contributed by atoms with Gasteiger partial charge in [0.15, 0.2) is 18.1 Å². The molecule has 1 amide bonds. The standard InChI is InChI=1S/C23H20N4O8/c1-13-14(2)26(11-15-4-3-5-32-15)22(17(13)10-24)25-21(28)12-35-23(29)16-8-19-20(34-7-6-33-19)9-18(16)27(30)31/h3-5,8-9H,6-7,11-12H2,1-2H3,(H,25,28). The van der Waals surface area contributed by atoms with Crippen molar-refractivity contribution in [2.45, 2.75) is 20.4 Å². The molecule has 1 N–H and O–H groups in total. The monoisotopic (exact) mass is 480 g/mol. The average Bonchev–Trinajstić information content (AvgIpc) is 3.44. The van der Waals surface area contributed by atoms with Crippen LogP contribution in [-0.2, 0) is 16.1 Å². The van der Waals surface area contributed by atoms with Crippen LogP contribution in [0.5, 0.6) is 11.5 Å². The van der Waals surface area contributed by atoms with Crippen molar-refractivity contribution in [3.8, 4) is 17.6 Å². The lowest BCUT2D eigenvalue weighted by atomic mass is 10.1. The molecular formula is C23H20N4O8. The number of hydrogen-bond donors (Lipinski definition) is 1. The van der Waals surface area contributed by atoms with Gasteiger partial charge in [-0.15, -0.1) is 0 Å². The lowest BCUT2D eigenvalue weighted by molar-refractivity contribution is -0.385. The van der Waals surface area contributed by atoms with Crippen molar-refractivity contribution in [1.82, 2.24) is 4.57 Å². The summed E-state index contributed by atoms with van der Waals surface area (Å²) in [5, 5.41) is 23.7. The molecule has 3 heterocycles. The van der Waals surface area contributed by atoms with Gasteiger partial charge in [0.2, 0.25) is 0 Å². The number of fused-ring (bicyclic) bond motifs is 1. The predicted octanol–water partition coefficient (Wildman–Crippen LogP) is 3.09. The van der Waals surface area contributed by atoms with Crippen LogP contribution in [0.2, 0.25) is 0 Å². The molecule has 0 aliphatic carbocycles. The lowest BCUT2D eigenvalue weighted by Crippen LogP contribution is -2.24. The third-order valence-electron chi connectivity index (χ3n) is 5.50. The molecule has 12 nitrogen and oxygen atoms in total. The van der Waals surface area contributed by atoms with Gasteiger partial charge < -0.3 is 28.5 Å². The third-order valence-corrected chi connectivity index (χ3v) is 5.50. The second-order valence-corrected chi connectivity index (χ2v) is 7.61. The van der Waals surface area contributed by atoms with Gasteiger partial charge in [-0.2, -0.15) is 5.26 Å². The topological polar surface area (TPSA) is 159 Å². The molecule has 0 saturated heterocycles. The summed E-state index contributed by atoms with van der Waals surface area (Å²) in [6, 6.07) is 7.79. The average molecular weight is 480 g/mol. The first-order valence-corrected chi connectivity index (χ1v) is 10.5. The van der Waals surface area contributed by atoms with Crippen LogP contribution >= 0.6 is 0 Å². The zero-order chi connectivity index (χ0) is 25.1. The quantitative estimate of drug-likeness (QED) is 0.304. The molecule has 12 heteroatoms. The van der Waals surface area contributed by atoms with Crippen molar-refractivity contribution in [3.63, 3.8) is 0 Å². The second kappa shape index (κ2) is 9.60. The fraction of sp³-hybridized carbons (Fsp3) is 0.261. The number of ether oxygens (including phenoxy) is 3. The number of esters is 1. The zero-order valence-electron chi connectivity index (χ0n) is 18.8. The molecule has 1 aromatic carbocycles. The Bertz CT molecular complexity index is 1350. The fourth-order valence-electron chi connectivity index (χ4n) is 3.66. The Morgan fingerprint density at radius 1 is 1.26 bits per heavy atom. The van der Waals surface area contributed by atoms with Gasteiger partial charge in [0, 0.05) is 11.8 Å². The number of aromatic nitrogens is 1. The van der Waals surface area contributed by atoms with Crippen LogP contribution in [0.3, 0.4) is 0 Å². The highest BCUT2D eigenvalue weighted by molar-refractivity contribution is 5.98. The molecule has 0 atom stereocenters. The van der Waals surface area contributed by atoms with Crippen molar-refractivity contribution in [3.05, 3.63) is 68.8 Å². The molecule has 1 aliphatic rings. The Morgan fingerprint density at radius 2 is 1.97 bits per heavy atom. The summed E-state index contributed by atoms with van der Waals surface area (Å²) in [7, 11) is 0. The number of nitro benzene ring substituents is 1. The van der Waals surface area contributed by atoms with E-state index in [1.54, 1.807) is 30.5 Å². The SMILES string of the molecule is Cc1c(C#N)c(NC(=O)COC(=O)c2cc3c(cc2[N+](=O)[O-])OCCO3)n(Cc2ccco2)c1C. The van der Waals surface area contributed by atoms with Gasteiger partial charge in [-0.3, -0.25) is 14.9 Å². The van der Waals surface area contributed by atoms with E-state index < -0.39 is 29.1 Å². The minimum Gasteiger partial charge on any atom is -0.486 e. The van der Waals surface area contributed by atoms with Crippen molar-refractivity contribution in [2.75, 3.05) is 25.1 Å². The van der Waals surface area contributed by atoms with Crippen molar-refractivity contribution >= 4 is 23.4 Å². The van der Waals surface area contributed by atoms with Crippen molar-refractivity contribution < 1.29 is 33.1 Å². The minimum atomic E-state index is -1.08. The van der Waals surface area contributed by atoms with Crippen LogP contribution in [-0.4, -0.2) is 41.2 Å². The molecular weight excluding hydrogens is 460 g/mol. The van der Waals surface area contributed by atoms with Crippen LogP contribution in [0.1, 0.15) is 32.9 Å². The molecule has 2 aromatic heterocycles. The van der Waals surface area contributed by atoms with Crippen LogP contribution in [0.25, 0.3) is 0 Å². The molecule has 0 saturated carbocycles. The number of furan rings is 1. The maximum absolute atomic E-state index is 12.6. The highest BCUT2D eigenvalue weighted by atomic mass is 16.6. The number of carbonyl (C=O) groups excluding carboxylic acids is 2. The van der Waals surface area contributed by atoms with E-state index >= 15 is 0 Å². The van der Waals surface area contributed by atoms with Crippen LogP contribution in [0.15, 0.2) is 34.9 Å². The molecule has 0 unspecified atom stereocenters. The fourth-order valence-corrected chi connectivity index (χ4v) is 3.66. The molecule has 35 heavy (non-hydrogen) atoms.